The molecule has 0 amide bonds. The molecule has 0 N–H and O–H groups in total. The van der Waals surface area contributed by atoms with E-state index >= 15 is 0 Å². The maximum absolute atomic E-state index is 14.7. The van der Waals surface area contributed by atoms with Crippen LogP contribution in [0.4, 0.5) is 42.9 Å². The zero-order valence-corrected chi connectivity index (χ0v) is 35.1. The van der Waals surface area contributed by atoms with Gasteiger partial charge < -0.3 is 9.80 Å². The van der Waals surface area contributed by atoms with E-state index in [-0.39, 0.29) is 11.6 Å². The molecule has 306 valence electrons. The van der Waals surface area contributed by atoms with Crippen LogP contribution in [0.3, 0.4) is 0 Å². The third kappa shape index (κ3) is 5.38. The molecule has 13 rings (SSSR count). The Morgan fingerprint density at radius 3 is 1.34 bits per heavy atom. The van der Waals surface area contributed by atoms with Gasteiger partial charge in [-0.1, -0.05) is 140 Å². The molecule has 11 aromatic carbocycles. The summed E-state index contributed by atoms with van der Waals surface area (Å²) < 4.78 is 29.2. The lowest BCUT2D eigenvalue weighted by Crippen LogP contribution is -2.26. The van der Waals surface area contributed by atoms with Crippen LogP contribution in [0, 0.1) is 11.6 Å². The summed E-state index contributed by atoms with van der Waals surface area (Å²) >= 11 is 0. The van der Waals surface area contributed by atoms with E-state index in [1.165, 1.54) is 67.4 Å². The smallest absolute Gasteiger partial charge is 0.123 e. The van der Waals surface area contributed by atoms with Crippen molar-refractivity contribution in [2.75, 3.05) is 9.80 Å². The fourth-order valence-corrected chi connectivity index (χ4v) is 11.2. The van der Waals surface area contributed by atoms with Crippen molar-refractivity contribution in [2.24, 2.45) is 0 Å². The summed E-state index contributed by atoms with van der Waals surface area (Å²) in [7, 11) is 0. The Bertz CT molecular complexity index is 3630. The topological polar surface area (TPSA) is 6.48 Å². The zero-order chi connectivity index (χ0) is 43.2. The molecule has 0 fully saturated rings. The molecule has 0 heterocycles. The fourth-order valence-electron chi connectivity index (χ4n) is 11.2. The highest BCUT2D eigenvalue weighted by molar-refractivity contribution is 6.24. The monoisotopic (exact) mass is 836 g/mol. The molecule has 0 aliphatic heterocycles. The van der Waals surface area contributed by atoms with E-state index < -0.39 is 5.41 Å². The zero-order valence-electron chi connectivity index (χ0n) is 35.1. The van der Waals surface area contributed by atoms with Crippen molar-refractivity contribution < 1.29 is 8.78 Å². The highest BCUT2D eigenvalue weighted by Crippen LogP contribution is 2.67. The summed E-state index contributed by atoms with van der Waals surface area (Å²) in [6.07, 6.45) is 0. The molecule has 0 saturated carbocycles. The molecule has 2 aliphatic rings. The molecule has 0 bridgehead atoms. The third-order valence-electron chi connectivity index (χ3n) is 13.7. The maximum atomic E-state index is 14.7. The van der Waals surface area contributed by atoms with Gasteiger partial charge in [0.2, 0.25) is 0 Å². The van der Waals surface area contributed by atoms with Crippen molar-refractivity contribution in [3.05, 3.63) is 264 Å². The average molecular weight is 837 g/mol. The van der Waals surface area contributed by atoms with Gasteiger partial charge in [-0.2, -0.15) is 0 Å². The lowest BCUT2D eigenvalue weighted by Gasteiger charge is -2.34. The van der Waals surface area contributed by atoms with E-state index in [0.29, 0.717) is 0 Å². The van der Waals surface area contributed by atoms with E-state index in [4.69, 9.17) is 0 Å². The molecule has 4 heteroatoms. The Hall–Kier alpha value is -8.34. The van der Waals surface area contributed by atoms with Crippen LogP contribution in [0.5, 0.6) is 0 Å². The predicted octanol–water partition coefficient (Wildman–Crippen LogP) is 16.7. The largest absolute Gasteiger partial charge is 0.310 e. The van der Waals surface area contributed by atoms with Gasteiger partial charge in [-0.25, -0.2) is 8.78 Å². The first-order chi connectivity index (χ1) is 32.1. The van der Waals surface area contributed by atoms with Crippen molar-refractivity contribution >= 4 is 66.4 Å². The van der Waals surface area contributed by atoms with Crippen molar-refractivity contribution in [3.8, 4) is 22.3 Å². The van der Waals surface area contributed by atoms with Gasteiger partial charge in [0.1, 0.15) is 11.6 Å². The molecule has 0 radical (unpaired) electrons. The number of anilines is 6. The molecule has 0 atom stereocenters. The van der Waals surface area contributed by atoms with E-state index in [1.807, 2.05) is 48.5 Å². The Labute approximate surface area is 375 Å². The number of nitrogens with zero attached hydrogens (tertiary/aromatic N) is 2. The van der Waals surface area contributed by atoms with Gasteiger partial charge in [0.25, 0.3) is 0 Å². The molecular weight excluding hydrogens is 799 g/mol. The number of halogens is 2. The van der Waals surface area contributed by atoms with Crippen molar-refractivity contribution in [3.63, 3.8) is 0 Å². The number of hydrogen-bond acceptors (Lipinski definition) is 2. The van der Waals surface area contributed by atoms with Gasteiger partial charge in [0.05, 0.1) is 11.1 Å². The van der Waals surface area contributed by atoms with E-state index in [9.17, 15) is 8.78 Å². The number of hydrogen-bond donors (Lipinski definition) is 0. The summed E-state index contributed by atoms with van der Waals surface area (Å²) in [5.41, 5.74) is 14.8. The average Bonchev–Trinajstić information content (AvgIpc) is 3.84. The Morgan fingerprint density at radius 2 is 0.738 bits per heavy atom. The lowest BCUT2D eigenvalue weighted by atomic mass is 9.69. The first-order valence-corrected chi connectivity index (χ1v) is 22.1. The number of fused-ring (bicyclic) bond motifs is 17. The van der Waals surface area contributed by atoms with Crippen LogP contribution in [-0.2, 0) is 5.41 Å². The standard InChI is InChI=1S/C61H38F2N2/c62-39-27-31-43(32-28-39)64(41-15-3-1-4-16-41)45-35-36-52-53(37-45)46-19-7-9-23-50(46)59-58-51-24-10-8-22-49(51)57(65(42-17-5-2-6-18-42)44-33-29-40(63)30-34-44)38-56(58)61(60(52)59)54-25-13-11-20-47(54)48-21-12-14-26-55(48)61/h1-38H. The van der Waals surface area contributed by atoms with Gasteiger partial charge >= 0.3 is 0 Å². The second kappa shape index (κ2) is 14.3. The Balaban J connectivity index is 1.19. The van der Waals surface area contributed by atoms with E-state index in [1.54, 1.807) is 12.1 Å². The quantitative estimate of drug-likeness (QED) is 0.154. The van der Waals surface area contributed by atoms with Crippen LogP contribution < -0.4 is 9.80 Å². The normalized spacial score (nSPS) is 12.9. The molecule has 1 spiro atoms. The summed E-state index contributed by atoms with van der Waals surface area (Å²) in [5, 5.41) is 6.88. The van der Waals surface area contributed by atoms with Crippen molar-refractivity contribution in [2.45, 2.75) is 5.41 Å². The van der Waals surface area contributed by atoms with Gasteiger partial charge in [-0.3, -0.25) is 0 Å². The van der Waals surface area contributed by atoms with Crippen molar-refractivity contribution in [1.29, 1.82) is 0 Å². The number of rotatable bonds is 6. The van der Waals surface area contributed by atoms with Crippen LogP contribution in [0.2, 0.25) is 0 Å². The van der Waals surface area contributed by atoms with Gasteiger partial charge in [-0.15, -0.1) is 0 Å². The third-order valence-corrected chi connectivity index (χ3v) is 13.7. The van der Waals surface area contributed by atoms with Crippen LogP contribution in [-0.4, -0.2) is 0 Å². The number of para-hydroxylation sites is 2. The minimum absolute atomic E-state index is 0.274. The van der Waals surface area contributed by atoms with Crippen LogP contribution in [0.15, 0.2) is 231 Å². The minimum Gasteiger partial charge on any atom is -0.310 e. The predicted molar refractivity (Wildman–Crippen MR) is 265 cm³/mol. The fraction of sp³-hybridized carbons (Fsp3) is 0.0164. The lowest BCUT2D eigenvalue weighted by molar-refractivity contribution is 0.627. The first-order valence-electron chi connectivity index (χ1n) is 22.1. The first kappa shape index (κ1) is 37.2. The summed E-state index contributed by atoms with van der Waals surface area (Å²) in [6, 6.07) is 79.1. The Morgan fingerprint density at radius 1 is 0.292 bits per heavy atom. The van der Waals surface area contributed by atoms with Crippen LogP contribution in [0.25, 0.3) is 54.6 Å². The van der Waals surface area contributed by atoms with Gasteiger partial charge in [0.15, 0.2) is 0 Å². The van der Waals surface area contributed by atoms with Gasteiger partial charge in [0, 0.05) is 33.8 Å². The van der Waals surface area contributed by atoms with E-state index in [2.05, 4.69) is 168 Å². The SMILES string of the molecule is Fc1ccc(N(c2ccccc2)c2ccc3c4c(c5ccccc5c3c2)-c2c(cc(N(c3ccccc3)c3ccc(F)cc3)c3ccccc23)C42c3ccccc3-c3ccccc32)cc1. The Kier molecular flexibility index (Phi) is 8.22. The second-order valence-electron chi connectivity index (χ2n) is 17.0. The van der Waals surface area contributed by atoms with Crippen LogP contribution in [0.1, 0.15) is 22.3 Å². The molecule has 0 saturated heterocycles. The molecule has 0 unspecified atom stereocenters. The van der Waals surface area contributed by atoms with Gasteiger partial charge in [-0.05, 0) is 162 Å². The summed E-state index contributed by atoms with van der Waals surface area (Å²) in [5.74, 6) is -0.551. The molecule has 65 heavy (non-hydrogen) atoms. The molecule has 0 aromatic heterocycles. The molecular formula is C61H38F2N2. The maximum Gasteiger partial charge on any atom is 0.123 e. The molecule has 11 aromatic rings. The summed E-state index contributed by atoms with van der Waals surface area (Å²) in [6.45, 7) is 0. The minimum atomic E-state index is -0.721. The highest BCUT2D eigenvalue weighted by atomic mass is 19.1. The van der Waals surface area contributed by atoms with E-state index in [0.717, 1.165) is 55.7 Å². The number of benzene rings is 11. The summed E-state index contributed by atoms with van der Waals surface area (Å²) in [4.78, 5) is 4.49. The molecule has 2 nitrogen and oxygen atoms in total. The second-order valence-corrected chi connectivity index (χ2v) is 17.0. The highest BCUT2D eigenvalue weighted by Gasteiger charge is 2.54. The van der Waals surface area contributed by atoms with Crippen molar-refractivity contribution in [1.82, 2.24) is 0 Å². The molecule has 2 aliphatic carbocycles. The van der Waals surface area contributed by atoms with Crippen LogP contribution >= 0.6 is 0 Å².